The second-order valence-corrected chi connectivity index (χ2v) is 7.31. The smallest absolute Gasteiger partial charge is 0.222 e. The summed E-state index contributed by atoms with van der Waals surface area (Å²) in [5, 5.41) is 9.76. The maximum atomic E-state index is 11.8. The Kier molecular flexibility index (Phi) is 4.23. The predicted molar refractivity (Wildman–Crippen MR) is 106 cm³/mol. The molecule has 138 valence electrons. The number of carbonyl (C=O) groups is 1. The third-order valence-corrected chi connectivity index (χ3v) is 5.71. The zero-order valence-electron chi connectivity index (χ0n) is 15.6. The van der Waals surface area contributed by atoms with Gasteiger partial charge in [-0.05, 0) is 49.9 Å². The maximum absolute atomic E-state index is 11.8. The Balaban J connectivity index is 2.02. The maximum Gasteiger partial charge on any atom is 0.222 e. The first-order valence-corrected chi connectivity index (χ1v) is 9.44. The summed E-state index contributed by atoms with van der Waals surface area (Å²) < 4.78 is 2.06. The third kappa shape index (κ3) is 2.71. The van der Waals surface area contributed by atoms with Crippen LogP contribution in [0.4, 0.5) is 5.82 Å². The highest BCUT2D eigenvalue weighted by atomic mass is 16.1. The SMILES string of the molecule is CCc1cc(N2C[C@@H](C(N)=O)CC[C@H]2C)n2c(nc3ccccc32)c1C#N. The van der Waals surface area contributed by atoms with E-state index in [1.807, 2.05) is 31.2 Å². The molecule has 0 unspecified atom stereocenters. The van der Waals surface area contributed by atoms with Crippen LogP contribution in [0.3, 0.4) is 0 Å². The first-order valence-electron chi connectivity index (χ1n) is 9.44. The summed E-state index contributed by atoms with van der Waals surface area (Å²) in [4.78, 5) is 18.8. The van der Waals surface area contributed by atoms with E-state index in [-0.39, 0.29) is 17.9 Å². The van der Waals surface area contributed by atoms with E-state index < -0.39 is 0 Å². The van der Waals surface area contributed by atoms with Gasteiger partial charge >= 0.3 is 0 Å². The van der Waals surface area contributed by atoms with Crippen molar-refractivity contribution >= 4 is 28.4 Å². The van der Waals surface area contributed by atoms with Gasteiger partial charge in [-0.3, -0.25) is 9.20 Å². The molecule has 1 amide bonds. The van der Waals surface area contributed by atoms with Gasteiger partial charge in [-0.2, -0.15) is 5.26 Å². The van der Waals surface area contributed by atoms with Crippen molar-refractivity contribution in [1.82, 2.24) is 9.38 Å². The molecule has 0 aliphatic carbocycles. The number of benzene rings is 1. The minimum Gasteiger partial charge on any atom is -0.369 e. The molecular formula is C21H23N5O. The molecule has 6 nitrogen and oxygen atoms in total. The Morgan fingerprint density at radius 1 is 1.37 bits per heavy atom. The summed E-state index contributed by atoms with van der Waals surface area (Å²) in [7, 11) is 0. The summed E-state index contributed by atoms with van der Waals surface area (Å²) >= 11 is 0. The quantitative estimate of drug-likeness (QED) is 0.777. The largest absolute Gasteiger partial charge is 0.369 e. The van der Waals surface area contributed by atoms with Gasteiger partial charge < -0.3 is 10.6 Å². The molecule has 1 aliphatic heterocycles. The van der Waals surface area contributed by atoms with Crippen molar-refractivity contribution in [2.45, 2.75) is 39.2 Å². The minimum atomic E-state index is -0.247. The first-order chi connectivity index (χ1) is 13.0. The zero-order chi connectivity index (χ0) is 19.1. The van der Waals surface area contributed by atoms with E-state index in [1.165, 1.54) is 0 Å². The molecule has 27 heavy (non-hydrogen) atoms. The Hall–Kier alpha value is -3.07. The molecule has 6 heteroatoms. The lowest BCUT2D eigenvalue weighted by Crippen LogP contribution is -2.46. The van der Waals surface area contributed by atoms with Crippen molar-refractivity contribution in [1.29, 1.82) is 5.26 Å². The molecule has 0 saturated carbocycles. The lowest BCUT2D eigenvalue weighted by Gasteiger charge is -2.39. The number of carbonyl (C=O) groups excluding carboxylic acids is 1. The predicted octanol–water partition coefficient (Wildman–Crippen LogP) is 3.01. The van der Waals surface area contributed by atoms with Crippen molar-refractivity contribution in [3.8, 4) is 6.07 Å². The number of amides is 1. The average Bonchev–Trinajstić information content (AvgIpc) is 3.06. The molecule has 2 atom stereocenters. The van der Waals surface area contributed by atoms with E-state index in [0.717, 1.165) is 41.7 Å². The van der Waals surface area contributed by atoms with E-state index in [1.54, 1.807) is 0 Å². The van der Waals surface area contributed by atoms with Gasteiger partial charge in [0, 0.05) is 12.6 Å². The van der Waals surface area contributed by atoms with Gasteiger partial charge in [0.2, 0.25) is 5.91 Å². The highest BCUT2D eigenvalue weighted by Gasteiger charge is 2.31. The minimum absolute atomic E-state index is 0.160. The van der Waals surface area contributed by atoms with Gasteiger partial charge in [0.25, 0.3) is 0 Å². The van der Waals surface area contributed by atoms with E-state index in [0.29, 0.717) is 17.8 Å². The summed E-state index contributed by atoms with van der Waals surface area (Å²) in [5.74, 6) is 0.572. The monoisotopic (exact) mass is 361 g/mol. The number of anilines is 1. The normalized spacial score (nSPS) is 20.1. The number of hydrogen-bond acceptors (Lipinski definition) is 4. The summed E-state index contributed by atoms with van der Waals surface area (Å²) in [6.07, 6.45) is 2.47. The number of rotatable bonds is 3. The molecule has 0 radical (unpaired) electrons. The van der Waals surface area contributed by atoms with Crippen molar-refractivity contribution in [3.63, 3.8) is 0 Å². The van der Waals surface area contributed by atoms with Crippen LogP contribution in [-0.2, 0) is 11.2 Å². The lowest BCUT2D eigenvalue weighted by molar-refractivity contribution is -0.122. The van der Waals surface area contributed by atoms with Gasteiger partial charge in [0.05, 0.1) is 22.5 Å². The number of hydrogen-bond donors (Lipinski definition) is 1. The van der Waals surface area contributed by atoms with Gasteiger partial charge in [-0.15, -0.1) is 0 Å². The van der Waals surface area contributed by atoms with Crippen LogP contribution in [-0.4, -0.2) is 27.9 Å². The molecule has 1 aromatic carbocycles. The van der Waals surface area contributed by atoms with Gasteiger partial charge in [0.15, 0.2) is 5.65 Å². The summed E-state index contributed by atoms with van der Waals surface area (Å²) in [6.45, 7) is 4.81. The van der Waals surface area contributed by atoms with Gasteiger partial charge in [-0.25, -0.2) is 4.98 Å². The molecule has 2 aromatic heterocycles. The molecule has 4 rings (SSSR count). The number of nitriles is 1. The van der Waals surface area contributed by atoms with Crippen LogP contribution in [0, 0.1) is 17.2 Å². The van der Waals surface area contributed by atoms with Crippen LogP contribution >= 0.6 is 0 Å². The number of nitrogens with two attached hydrogens (primary N) is 1. The number of piperidine rings is 1. The van der Waals surface area contributed by atoms with Crippen molar-refractivity contribution < 1.29 is 4.79 Å². The topological polar surface area (TPSA) is 87.4 Å². The molecule has 0 spiro atoms. The van der Waals surface area contributed by atoms with Gasteiger partial charge in [0.1, 0.15) is 11.9 Å². The first kappa shape index (κ1) is 17.3. The summed E-state index contributed by atoms with van der Waals surface area (Å²) in [6, 6.07) is 12.6. The zero-order valence-corrected chi connectivity index (χ0v) is 15.6. The van der Waals surface area contributed by atoms with E-state index >= 15 is 0 Å². The molecule has 3 aromatic rings. The van der Waals surface area contributed by atoms with E-state index in [9.17, 15) is 10.1 Å². The number of aryl methyl sites for hydroxylation is 1. The number of imidazole rings is 1. The van der Waals surface area contributed by atoms with E-state index in [4.69, 9.17) is 10.7 Å². The molecular weight excluding hydrogens is 338 g/mol. The fourth-order valence-electron chi connectivity index (χ4n) is 4.13. The number of para-hydroxylation sites is 2. The van der Waals surface area contributed by atoms with Crippen LogP contribution < -0.4 is 10.6 Å². The summed E-state index contributed by atoms with van der Waals surface area (Å²) in [5.41, 5.74) is 9.72. The van der Waals surface area contributed by atoms with Crippen LogP contribution in [0.5, 0.6) is 0 Å². The van der Waals surface area contributed by atoms with Crippen LogP contribution in [0.2, 0.25) is 0 Å². The van der Waals surface area contributed by atoms with Crippen LogP contribution in [0.15, 0.2) is 30.3 Å². The highest BCUT2D eigenvalue weighted by molar-refractivity contribution is 5.85. The molecule has 2 N–H and O–H groups in total. The Morgan fingerprint density at radius 3 is 2.85 bits per heavy atom. The molecule has 1 saturated heterocycles. The number of aromatic nitrogens is 2. The Labute approximate surface area is 158 Å². The third-order valence-electron chi connectivity index (χ3n) is 5.71. The second kappa shape index (κ2) is 6.58. The highest BCUT2D eigenvalue weighted by Crippen LogP contribution is 2.33. The van der Waals surface area contributed by atoms with Crippen molar-refractivity contribution in [3.05, 3.63) is 41.5 Å². The van der Waals surface area contributed by atoms with Crippen molar-refractivity contribution in [2.75, 3.05) is 11.4 Å². The average molecular weight is 361 g/mol. The molecule has 0 bridgehead atoms. The van der Waals surface area contributed by atoms with Crippen LogP contribution in [0.1, 0.15) is 37.8 Å². The fraction of sp³-hybridized carbons (Fsp3) is 0.381. The molecule has 3 heterocycles. The number of primary amides is 1. The lowest BCUT2D eigenvalue weighted by atomic mass is 9.92. The van der Waals surface area contributed by atoms with E-state index in [2.05, 4.69) is 28.4 Å². The number of nitrogens with zero attached hydrogens (tertiary/aromatic N) is 4. The molecule has 1 aliphatic rings. The second-order valence-electron chi connectivity index (χ2n) is 7.31. The van der Waals surface area contributed by atoms with Crippen LogP contribution in [0.25, 0.3) is 16.7 Å². The Bertz CT molecular complexity index is 1080. The molecule has 1 fully saturated rings. The number of fused-ring (bicyclic) bond motifs is 3. The number of pyridine rings is 1. The Morgan fingerprint density at radius 2 is 2.15 bits per heavy atom. The van der Waals surface area contributed by atoms with Crippen molar-refractivity contribution in [2.24, 2.45) is 11.7 Å². The van der Waals surface area contributed by atoms with Gasteiger partial charge in [-0.1, -0.05) is 19.1 Å². The standard InChI is InChI=1S/C21H23N5O/c1-3-14-10-19(25-12-15(20(23)27)9-8-13(25)2)26-18-7-5-4-6-17(18)24-21(26)16(14)11-22/h4-7,10,13,15H,3,8-9,12H2,1-2H3,(H2,23,27)/t13-,15+/m1/s1. The fourth-order valence-corrected chi connectivity index (χ4v) is 4.13.